The van der Waals surface area contributed by atoms with Crippen LogP contribution >= 0.6 is 24.8 Å². The fraction of sp³-hybridized carbons (Fsp3) is 0.150. The summed E-state index contributed by atoms with van der Waals surface area (Å²) >= 11 is 0. The van der Waals surface area contributed by atoms with Crippen molar-refractivity contribution in [2.75, 3.05) is 13.1 Å². The molecule has 0 fully saturated rings. The molecule has 0 unspecified atom stereocenters. The van der Waals surface area contributed by atoms with Gasteiger partial charge in [0.1, 0.15) is 11.7 Å². The Morgan fingerprint density at radius 1 is 1.00 bits per heavy atom. The van der Waals surface area contributed by atoms with Crippen molar-refractivity contribution in [3.63, 3.8) is 0 Å². The molecular weight excluding hydrogens is 427 g/mol. The lowest BCUT2D eigenvalue weighted by atomic mass is 10.0. The number of aliphatic carboxylic acids is 1. The molecule has 8 nitrogen and oxygen atoms in total. The number of H-pyrrole nitrogens is 1. The molecule has 9 N–H and O–H groups in total. The van der Waals surface area contributed by atoms with E-state index in [-0.39, 0.29) is 43.0 Å². The Balaban J connectivity index is 0.00000225. The minimum Gasteiger partial charge on any atom is -0.480 e. The van der Waals surface area contributed by atoms with Crippen LogP contribution in [0.1, 0.15) is 16.7 Å². The molecule has 0 aliphatic rings. The smallest absolute Gasteiger partial charge is 0.317 e. The summed E-state index contributed by atoms with van der Waals surface area (Å²) in [6.45, 7) is 0.408. The van der Waals surface area contributed by atoms with E-state index in [4.69, 9.17) is 27.4 Å². The molecule has 0 bridgehead atoms. The fourth-order valence-corrected chi connectivity index (χ4v) is 3.15. The molecule has 0 aliphatic carbocycles. The van der Waals surface area contributed by atoms with Crippen LogP contribution in [0.15, 0.2) is 42.5 Å². The maximum atomic E-state index is 10.7. The van der Waals surface area contributed by atoms with E-state index in [2.05, 4.69) is 10.3 Å². The molecule has 0 saturated carbocycles. The Morgan fingerprint density at radius 2 is 1.60 bits per heavy atom. The third-order valence-electron chi connectivity index (χ3n) is 4.53. The van der Waals surface area contributed by atoms with Crippen LogP contribution in [0.25, 0.3) is 22.2 Å². The number of fused-ring (bicyclic) bond motifs is 1. The van der Waals surface area contributed by atoms with E-state index < -0.39 is 5.97 Å². The molecule has 0 spiro atoms. The molecule has 160 valence electrons. The van der Waals surface area contributed by atoms with Crippen LogP contribution in [0.3, 0.4) is 0 Å². The first-order valence-corrected chi connectivity index (χ1v) is 8.73. The van der Waals surface area contributed by atoms with E-state index >= 15 is 0 Å². The van der Waals surface area contributed by atoms with Gasteiger partial charge in [-0.25, -0.2) is 0 Å². The van der Waals surface area contributed by atoms with Gasteiger partial charge < -0.3 is 26.9 Å². The zero-order valence-corrected chi connectivity index (χ0v) is 17.6. The molecule has 0 radical (unpaired) electrons. The molecule has 1 aromatic heterocycles. The largest absolute Gasteiger partial charge is 0.480 e. The Morgan fingerprint density at radius 3 is 2.17 bits per heavy atom. The highest BCUT2D eigenvalue weighted by Crippen LogP contribution is 2.31. The van der Waals surface area contributed by atoms with E-state index in [9.17, 15) is 4.79 Å². The molecule has 0 saturated heterocycles. The lowest BCUT2D eigenvalue weighted by Gasteiger charge is -2.07. The molecule has 0 amide bonds. The Kier molecular flexibility index (Phi) is 8.85. The summed E-state index contributed by atoms with van der Waals surface area (Å²) in [5.41, 5.74) is 16.1. The van der Waals surface area contributed by atoms with Crippen LogP contribution in [-0.2, 0) is 11.2 Å². The van der Waals surface area contributed by atoms with Gasteiger partial charge in [0.15, 0.2) is 0 Å². The minimum absolute atomic E-state index is 0. The van der Waals surface area contributed by atoms with Gasteiger partial charge in [0, 0.05) is 27.7 Å². The van der Waals surface area contributed by atoms with Gasteiger partial charge in [-0.05, 0) is 30.2 Å². The summed E-state index contributed by atoms with van der Waals surface area (Å²) in [5, 5.41) is 27.9. The molecule has 3 rings (SSSR count). The number of amidine groups is 2. The van der Waals surface area contributed by atoms with E-state index in [0.29, 0.717) is 24.1 Å². The van der Waals surface area contributed by atoms with E-state index in [1.54, 1.807) is 18.2 Å². The summed E-state index contributed by atoms with van der Waals surface area (Å²) in [7, 11) is 0. The van der Waals surface area contributed by atoms with E-state index in [0.717, 1.165) is 27.7 Å². The van der Waals surface area contributed by atoms with Gasteiger partial charge in [0.05, 0.1) is 6.54 Å². The highest BCUT2D eigenvalue weighted by molar-refractivity contribution is 6.01. The number of nitrogens with two attached hydrogens (primary N) is 2. The topological polar surface area (TPSA) is 165 Å². The average molecular weight is 451 g/mol. The minimum atomic E-state index is -0.898. The lowest BCUT2D eigenvalue weighted by Crippen LogP contribution is -2.24. The van der Waals surface area contributed by atoms with Crippen molar-refractivity contribution < 1.29 is 9.90 Å². The Bertz CT molecular complexity index is 1060. The molecule has 1 heterocycles. The van der Waals surface area contributed by atoms with Gasteiger partial charge >= 0.3 is 5.97 Å². The van der Waals surface area contributed by atoms with E-state index in [1.165, 1.54) is 0 Å². The summed E-state index contributed by atoms with van der Waals surface area (Å²) in [6.07, 6.45) is 0.622. The third kappa shape index (κ3) is 5.50. The van der Waals surface area contributed by atoms with Crippen molar-refractivity contribution >= 4 is 53.4 Å². The van der Waals surface area contributed by atoms with Gasteiger partial charge in [-0.1, -0.05) is 36.4 Å². The Labute approximate surface area is 185 Å². The van der Waals surface area contributed by atoms with Crippen LogP contribution < -0.4 is 16.8 Å². The van der Waals surface area contributed by atoms with Crippen LogP contribution in [0.5, 0.6) is 0 Å². The molecule has 30 heavy (non-hydrogen) atoms. The summed E-state index contributed by atoms with van der Waals surface area (Å²) in [6, 6.07) is 12.9. The van der Waals surface area contributed by atoms with Gasteiger partial charge in [-0.2, -0.15) is 0 Å². The number of aromatic nitrogens is 1. The predicted octanol–water partition coefficient (Wildman–Crippen LogP) is 2.46. The third-order valence-corrected chi connectivity index (χ3v) is 4.53. The van der Waals surface area contributed by atoms with Crippen LogP contribution in [0, 0.1) is 10.8 Å². The van der Waals surface area contributed by atoms with Crippen LogP contribution in [0.4, 0.5) is 0 Å². The fourth-order valence-electron chi connectivity index (χ4n) is 3.15. The average Bonchev–Trinajstić information content (AvgIpc) is 3.02. The SMILES string of the molecule is Cl.Cl.N=C(N)c1ccc(-c2[nH]c3cc(C(=N)N)ccc3c2CCNCC(=O)O)cc1. The number of aromatic amines is 1. The quantitative estimate of drug-likeness (QED) is 0.159. The molecule has 3 aromatic rings. The second kappa shape index (κ2) is 10.6. The molecule has 2 aromatic carbocycles. The van der Waals surface area contributed by atoms with Crippen LogP contribution in [0.2, 0.25) is 0 Å². The van der Waals surface area contributed by atoms with Gasteiger partial charge in [-0.15, -0.1) is 24.8 Å². The molecule has 0 atom stereocenters. The standard InChI is InChI=1S/C20H22N6O2.2ClH/c21-19(22)12-3-1-11(2-4-12)18-15(7-8-25-10-17(27)28)14-6-5-13(20(23)24)9-16(14)26-18;;/h1-6,9,25-26H,7-8,10H2,(H3,21,22)(H3,23,24)(H,27,28);2*1H. The van der Waals surface area contributed by atoms with Gasteiger partial charge in [0.2, 0.25) is 0 Å². The summed E-state index contributed by atoms with van der Waals surface area (Å²) in [4.78, 5) is 14.1. The number of carboxylic acids is 1. The maximum absolute atomic E-state index is 10.7. The molecular formula is C20H24Cl2N6O2. The first kappa shape index (κ1) is 25.0. The highest BCUT2D eigenvalue weighted by atomic mass is 35.5. The first-order valence-electron chi connectivity index (χ1n) is 8.73. The number of hydrogen-bond donors (Lipinski definition) is 7. The zero-order chi connectivity index (χ0) is 20.3. The zero-order valence-electron chi connectivity index (χ0n) is 16.0. The number of benzene rings is 2. The monoisotopic (exact) mass is 450 g/mol. The number of carboxylic acid groups (broad SMARTS) is 1. The number of halogens is 2. The summed E-state index contributed by atoms with van der Waals surface area (Å²) in [5.74, 6) is -0.897. The van der Waals surface area contributed by atoms with Crippen molar-refractivity contribution in [2.24, 2.45) is 11.5 Å². The van der Waals surface area contributed by atoms with E-state index in [1.807, 2.05) is 24.3 Å². The number of nitrogens with one attached hydrogen (secondary N) is 4. The lowest BCUT2D eigenvalue weighted by molar-refractivity contribution is -0.135. The van der Waals surface area contributed by atoms with Crippen molar-refractivity contribution in [1.82, 2.24) is 10.3 Å². The number of carbonyl (C=O) groups is 1. The Hall–Kier alpha value is -3.07. The summed E-state index contributed by atoms with van der Waals surface area (Å²) < 4.78 is 0. The van der Waals surface area contributed by atoms with Crippen LogP contribution in [-0.4, -0.2) is 40.8 Å². The van der Waals surface area contributed by atoms with Crippen molar-refractivity contribution in [3.05, 3.63) is 59.2 Å². The number of rotatable bonds is 8. The second-order valence-electron chi connectivity index (χ2n) is 6.46. The molecule has 0 aliphatic heterocycles. The molecule has 10 heteroatoms. The second-order valence-corrected chi connectivity index (χ2v) is 6.46. The predicted molar refractivity (Wildman–Crippen MR) is 124 cm³/mol. The van der Waals surface area contributed by atoms with Gasteiger partial charge in [0.25, 0.3) is 0 Å². The maximum Gasteiger partial charge on any atom is 0.317 e. The first-order chi connectivity index (χ1) is 13.4. The van der Waals surface area contributed by atoms with Crippen molar-refractivity contribution in [2.45, 2.75) is 6.42 Å². The highest BCUT2D eigenvalue weighted by Gasteiger charge is 2.14. The normalized spacial score (nSPS) is 10.1. The van der Waals surface area contributed by atoms with Gasteiger partial charge in [-0.3, -0.25) is 15.6 Å². The number of hydrogen-bond acceptors (Lipinski definition) is 4. The number of nitrogen functional groups attached to an aromatic ring is 2. The van der Waals surface area contributed by atoms with Crippen molar-refractivity contribution in [3.8, 4) is 11.3 Å². The van der Waals surface area contributed by atoms with Crippen molar-refractivity contribution in [1.29, 1.82) is 10.8 Å².